The van der Waals surface area contributed by atoms with Gasteiger partial charge in [-0.2, -0.15) is 4.98 Å². The summed E-state index contributed by atoms with van der Waals surface area (Å²) in [4.78, 5) is 35.5. The number of aliphatic hydroxyl groups excluding tert-OH is 3. The molecule has 1 aliphatic rings. The number of H-pyrrole nitrogens is 2. The standard InChI is InChI=1S/C11H12N2O2.C10H13N5O5/c12-9(11(14)15)5-7-6-13-10-4-2-1-3-8(7)10;11-10-13-7-4(8(19)14-10)12-2-15(7)9-6(18)5(17)3(1-16)20-9/h1-4,6,9,13H,5,12H2,(H,14,15);2-3,5-6,9,16-18H,1H2,(H3,11,13,14,19)/t9-;3-,5-,6-,9-/m01/s1. The summed E-state index contributed by atoms with van der Waals surface area (Å²) in [6.07, 6.45) is -1.05. The van der Waals surface area contributed by atoms with Crippen LogP contribution in [0.15, 0.2) is 41.6 Å². The summed E-state index contributed by atoms with van der Waals surface area (Å²) in [6, 6.07) is 6.91. The van der Waals surface area contributed by atoms with E-state index in [0.717, 1.165) is 16.5 Å². The van der Waals surface area contributed by atoms with Crippen LogP contribution < -0.4 is 17.0 Å². The molecule has 0 saturated carbocycles. The maximum Gasteiger partial charge on any atom is 0.320 e. The molecule has 14 heteroatoms. The molecule has 0 unspecified atom stereocenters. The van der Waals surface area contributed by atoms with Crippen LogP contribution in [0.1, 0.15) is 11.8 Å². The molecule has 0 aliphatic carbocycles. The lowest BCUT2D eigenvalue weighted by atomic mass is 10.1. The van der Waals surface area contributed by atoms with Crippen molar-refractivity contribution < 1.29 is 30.0 Å². The fourth-order valence-corrected chi connectivity index (χ4v) is 3.86. The summed E-state index contributed by atoms with van der Waals surface area (Å²) < 4.78 is 6.64. The SMILES string of the molecule is N[C@@H](Cc1c[nH]c2ccccc12)C(=O)O.Nc1nc2c(ncn2[C@@H]2O[C@H](CO)[C@@H](O)[C@H]2O)c(=O)[nH]1. The van der Waals surface area contributed by atoms with Crippen molar-refractivity contribution in [3.05, 3.63) is 52.7 Å². The number of hydrogen-bond donors (Lipinski definition) is 8. The maximum absolute atomic E-state index is 11.7. The number of aliphatic hydroxyl groups is 3. The second kappa shape index (κ2) is 9.81. The Morgan fingerprint density at radius 2 is 2.00 bits per heavy atom. The number of nitrogen functional groups attached to an aromatic ring is 1. The number of ether oxygens (including phenoxy) is 1. The number of hydrogen-bond acceptors (Lipinski definition) is 10. The molecule has 0 radical (unpaired) electrons. The first kappa shape index (κ1) is 24.3. The zero-order valence-corrected chi connectivity index (χ0v) is 18.3. The van der Waals surface area contributed by atoms with Crippen molar-refractivity contribution in [1.82, 2.24) is 24.5 Å². The van der Waals surface area contributed by atoms with Gasteiger partial charge in [0.1, 0.15) is 24.4 Å². The molecule has 186 valence electrons. The molecule has 4 aromatic rings. The molecule has 10 N–H and O–H groups in total. The average molecular weight is 487 g/mol. The van der Waals surface area contributed by atoms with E-state index < -0.39 is 48.7 Å². The Morgan fingerprint density at radius 3 is 2.69 bits per heavy atom. The van der Waals surface area contributed by atoms with Gasteiger partial charge in [-0.15, -0.1) is 0 Å². The van der Waals surface area contributed by atoms with Crippen molar-refractivity contribution >= 4 is 34.0 Å². The van der Waals surface area contributed by atoms with Crippen LogP contribution in [-0.4, -0.2) is 81.9 Å². The van der Waals surface area contributed by atoms with E-state index in [9.17, 15) is 19.8 Å². The molecule has 0 amide bonds. The van der Waals surface area contributed by atoms with Crippen molar-refractivity contribution in [2.24, 2.45) is 5.73 Å². The van der Waals surface area contributed by atoms with Crippen LogP contribution in [-0.2, 0) is 16.0 Å². The number of nitrogens with zero attached hydrogens (tertiary/aromatic N) is 3. The van der Waals surface area contributed by atoms with Crippen LogP contribution in [0.3, 0.4) is 0 Å². The lowest BCUT2D eigenvalue weighted by Gasteiger charge is -2.16. The largest absolute Gasteiger partial charge is 0.480 e. The number of carboxylic acid groups (broad SMARTS) is 1. The molecule has 1 aromatic carbocycles. The van der Waals surface area contributed by atoms with Gasteiger partial charge in [0.05, 0.1) is 12.9 Å². The summed E-state index contributed by atoms with van der Waals surface area (Å²) in [5.41, 5.74) is 12.6. The van der Waals surface area contributed by atoms with Gasteiger partial charge in [0.2, 0.25) is 5.95 Å². The van der Waals surface area contributed by atoms with Gasteiger partial charge in [0.25, 0.3) is 5.56 Å². The maximum atomic E-state index is 11.7. The molecule has 5 rings (SSSR count). The number of fused-ring (bicyclic) bond motifs is 2. The first-order chi connectivity index (χ1) is 16.7. The van der Waals surface area contributed by atoms with E-state index in [1.54, 1.807) is 0 Å². The number of carbonyl (C=O) groups is 1. The van der Waals surface area contributed by atoms with Crippen molar-refractivity contribution in [2.75, 3.05) is 12.3 Å². The molecule has 5 atom stereocenters. The number of benzene rings is 1. The second-order valence-electron chi connectivity index (χ2n) is 8.01. The van der Waals surface area contributed by atoms with Crippen molar-refractivity contribution in [3.63, 3.8) is 0 Å². The normalized spacial score (nSPS) is 22.7. The van der Waals surface area contributed by atoms with Gasteiger partial charge in [0.15, 0.2) is 17.4 Å². The van der Waals surface area contributed by atoms with Crippen molar-refractivity contribution in [3.8, 4) is 0 Å². The topological polar surface area (TPSA) is 239 Å². The molecule has 14 nitrogen and oxygen atoms in total. The number of nitrogens with one attached hydrogen (secondary N) is 2. The summed E-state index contributed by atoms with van der Waals surface area (Å²) in [7, 11) is 0. The summed E-state index contributed by atoms with van der Waals surface area (Å²) in [6.45, 7) is -0.447. The predicted octanol–water partition coefficient (Wildman–Crippen LogP) is -1.56. The first-order valence-corrected chi connectivity index (χ1v) is 10.6. The minimum atomic E-state index is -1.29. The first-order valence-electron chi connectivity index (χ1n) is 10.6. The summed E-state index contributed by atoms with van der Waals surface area (Å²) >= 11 is 0. The molecule has 1 saturated heterocycles. The highest BCUT2D eigenvalue weighted by atomic mass is 16.6. The van der Waals surface area contributed by atoms with Gasteiger partial charge >= 0.3 is 5.97 Å². The highest BCUT2D eigenvalue weighted by Gasteiger charge is 2.44. The average Bonchev–Trinajstić information content (AvgIpc) is 3.51. The monoisotopic (exact) mass is 487 g/mol. The van der Waals surface area contributed by atoms with E-state index in [0.29, 0.717) is 6.42 Å². The number of aliphatic carboxylic acids is 1. The fourth-order valence-electron chi connectivity index (χ4n) is 3.86. The van der Waals surface area contributed by atoms with Gasteiger partial charge in [0, 0.05) is 23.5 Å². The second-order valence-corrected chi connectivity index (χ2v) is 8.01. The van der Waals surface area contributed by atoms with Crippen LogP contribution >= 0.6 is 0 Å². The number of aromatic amines is 2. The van der Waals surface area contributed by atoms with E-state index in [1.807, 2.05) is 30.5 Å². The minimum Gasteiger partial charge on any atom is -0.480 e. The van der Waals surface area contributed by atoms with Crippen LogP contribution in [0, 0.1) is 0 Å². The number of imidazole rings is 1. The number of aromatic nitrogens is 5. The molecular formula is C21H25N7O7. The zero-order chi connectivity index (χ0) is 25.3. The Labute approximate surface area is 196 Å². The van der Waals surface area contributed by atoms with E-state index in [4.69, 9.17) is 26.4 Å². The summed E-state index contributed by atoms with van der Waals surface area (Å²) in [5.74, 6) is -1.07. The van der Waals surface area contributed by atoms with Gasteiger partial charge in [-0.3, -0.25) is 19.1 Å². The molecule has 4 heterocycles. The summed E-state index contributed by atoms with van der Waals surface area (Å²) in [5, 5.41) is 38.5. The van der Waals surface area contributed by atoms with Crippen LogP contribution in [0.4, 0.5) is 5.95 Å². The van der Waals surface area contributed by atoms with Crippen molar-refractivity contribution in [2.45, 2.75) is 37.0 Å². The third-order valence-electron chi connectivity index (χ3n) is 5.67. The number of rotatable bonds is 5. The lowest BCUT2D eigenvalue weighted by molar-refractivity contribution is -0.138. The quantitative estimate of drug-likeness (QED) is 0.160. The van der Waals surface area contributed by atoms with E-state index >= 15 is 0 Å². The highest BCUT2D eigenvalue weighted by Crippen LogP contribution is 2.30. The predicted molar refractivity (Wildman–Crippen MR) is 123 cm³/mol. The van der Waals surface area contributed by atoms with E-state index in [-0.39, 0.29) is 17.1 Å². The Balaban J connectivity index is 0.000000172. The van der Waals surface area contributed by atoms with E-state index in [1.165, 1.54) is 10.9 Å². The van der Waals surface area contributed by atoms with Gasteiger partial charge in [-0.25, -0.2) is 4.98 Å². The highest BCUT2D eigenvalue weighted by molar-refractivity contribution is 5.84. The molecule has 1 aliphatic heterocycles. The molecule has 0 bridgehead atoms. The number of nitrogens with two attached hydrogens (primary N) is 2. The zero-order valence-electron chi connectivity index (χ0n) is 18.3. The van der Waals surface area contributed by atoms with Gasteiger partial charge in [-0.05, 0) is 11.6 Å². The number of para-hydroxylation sites is 1. The third-order valence-corrected chi connectivity index (χ3v) is 5.67. The minimum absolute atomic E-state index is 0.0388. The fraction of sp³-hybridized carbons (Fsp3) is 0.333. The smallest absolute Gasteiger partial charge is 0.320 e. The molecule has 35 heavy (non-hydrogen) atoms. The Morgan fingerprint density at radius 1 is 1.26 bits per heavy atom. The van der Waals surface area contributed by atoms with Gasteiger partial charge in [-0.1, -0.05) is 18.2 Å². The molecular weight excluding hydrogens is 462 g/mol. The van der Waals surface area contributed by atoms with Crippen LogP contribution in [0.2, 0.25) is 0 Å². The Kier molecular flexibility index (Phi) is 6.81. The molecule has 0 spiro atoms. The lowest BCUT2D eigenvalue weighted by Crippen LogP contribution is -2.33. The Bertz CT molecular complexity index is 1400. The van der Waals surface area contributed by atoms with Gasteiger partial charge < -0.3 is 41.6 Å². The Hall–Kier alpha value is -3.82. The third kappa shape index (κ3) is 4.73. The number of anilines is 1. The molecule has 1 fully saturated rings. The molecule has 3 aromatic heterocycles. The number of carboxylic acids is 1. The van der Waals surface area contributed by atoms with E-state index in [2.05, 4.69) is 19.9 Å². The van der Waals surface area contributed by atoms with Crippen LogP contribution in [0.5, 0.6) is 0 Å². The van der Waals surface area contributed by atoms with Crippen molar-refractivity contribution in [1.29, 1.82) is 0 Å². The van der Waals surface area contributed by atoms with Crippen LogP contribution in [0.25, 0.3) is 22.1 Å².